The third-order valence-electron chi connectivity index (χ3n) is 5.94. The molecule has 1 aliphatic rings. The van der Waals surface area contributed by atoms with Crippen LogP contribution >= 0.6 is 11.3 Å². The van der Waals surface area contributed by atoms with Crippen molar-refractivity contribution in [2.45, 2.75) is 0 Å². The molecule has 8 nitrogen and oxygen atoms in total. The zero-order valence-corrected chi connectivity index (χ0v) is 19.4. The van der Waals surface area contributed by atoms with Crippen LogP contribution in [0.4, 0.5) is 17.1 Å². The number of likely N-dealkylation sites (N-methyl/N-ethyl adjacent to an activating group) is 1. The molecule has 1 aliphatic heterocycles. The predicted molar refractivity (Wildman–Crippen MR) is 136 cm³/mol. The summed E-state index contributed by atoms with van der Waals surface area (Å²) in [6, 6.07) is 20.1. The number of para-hydroxylation sites is 1. The fraction of sp³-hybridized carbons (Fsp3) is 0.200. The number of nitrogens with zero attached hydrogens (tertiary/aromatic N) is 4. The number of rotatable bonds is 5. The number of thiazole rings is 1. The molecule has 0 aliphatic carbocycles. The first-order chi connectivity index (χ1) is 16.5. The lowest BCUT2D eigenvalue weighted by atomic mass is 10.1. The van der Waals surface area contributed by atoms with E-state index in [2.05, 4.69) is 15.2 Å². The van der Waals surface area contributed by atoms with Crippen LogP contribution in [0.15, 0.2) is 66.7 Å². The minimum atomic E-state index is -0.418. The molecule has 3 aromatic carbocycles. The summed E-state index contributed by atoms with van der Waals surface area (Å²) in [6.45, 7) is 3.09. The van der Waals surface area contributed by atoms with E-state index in [1.165, 1.54) is 6.07 Å². The Bertz CT molecular complexity index is 1350. The summed E-state index contributed by atoms with van der Waals surface area (Å²) >= 11 is 1.59. The maximum Gasteiger partial charge on any atom is 0.293 e. The monoisotopic (exact) mass is 473 g/mol. The van der Waals surface area contributed by atoms with Crippen molar-refractivity contribution in [2.75, 3.05) is 43.4 Å². The standard InChI is InChI=1S/C25H23N5O3S/c1-28-11-13-29(14-12-28)21-10-9-17(16-22(21)30(32)33)24(31)26-19-6-4-5-18(15-19)25-27-20-7-2-3-8-23(20)34-25/h2-10,15-16H,11-14H2,1H3,(H,26,31). The van der Waals surface area contributed by atoms with Gasteiger partial charge in [0, 0.05) is 49.1 Å². The number of nitro benzene ring substituents is 1. The van der Waals surface area contributed by atoms with Crippen molar-refractivity contribution in [3.63, 3.8) is 0 Å². The van der Waals surface area contributed by atoms with E-state index in [9.17, 15) is 14.9 Å². The maximum absolute atomic E-state index is 12.9. The van der Waals surface area contributed by atoms with E-state index in [0.29, 0.717) is 24.5 Å². The van der Waals surface area contributed by atoms with E-state index >= 15 is 0 Å². The highest BCUT2D eigenvalue weighted by Crippen LogP contribution is 2.32. The van der Waals surface area contributed by atoms with Crippen molar-refractivity contribution >= 4 is 44.5 Å². The third-order valence-corrected chi connectivity index (χ3v) is 7.03. The van der Waals surface area contributed by atoms with Crippen molar-refractivity contribution < 1.29 is 9.72 Å². The van der Waals surface area contributed by atoms with Crippen molar-refractivity contribution in [3.05, 3.63) is 82.4 Å². The van der Waals surface area contributed by atoms with Crippen molar-refractivity contribution in [3.8, 4) is 10.6 Å². The van der Waals surface area contributed by atoms with Gasteiger partial charge in [0.05, 0.1) is 15.1 Å². The number of nitro groups is 1. The summed E-state index contributed by atoms with van der Waals surface area (Å²) in [5.74, 6) is -0.394. The first-order valence-corrected chi connectivity index (χ1v) is 11.8. The first-order valence-electron chi connectivity index (χ1n) is 11.0. The molecule has 1 N–H and O–H groups in total. The molecule has 1 saturated heterocycles. The van der Waals surface area contributed by atoms with Gasteiger partial charge in [-0.25, -0.2) is 4.98 Å². The van der Waals surface area contributed by atoms with Gasteiger partial charge in [0.15, 0.2) is 0 Å². The van der Waals surface area contributed by atoms with Crippen LogP contribution in [-0.2, 0) is 0 Å². The van der Waals surface area contributed by atoms with Crippen LogP contribution in [0, 0.1) is 10.1 Å². The molecule has 0 radical (unpaired) electrons. The van der Waals surface area contributed by atoms with Crippen LogP contribution < -0.4 is 10.2 Å². The van der Waals surface area contributed by atoms with Crippen LogP contribution in [0.3, 0.4) is 0 Å². The molecule has 0 bridgehead atoms. The summed E-state index contributed by atoms with van der Waals surface area (Å²) < 4.78 is 1.10. The molecular formula is C25H23N5O3S. The van der Waals surface area contributed by atoms with Gasteiger partial charge in [-0.05, 0) is 43.4 Å². The molecule has 34 heavy (non-hydrogen) atoms. The van der Waals surface area contributed by atoms with Gasteiger partial charge in [0.25, 0.3) is 11.6 Å². The lowest BCUT2D eigenvalue weighted by Crippen LogP contribution is -2.44. The number of hydrogen-bond acceptors (Lipinski definition) is 7. The van der Waals surface area contributed by atoms with E-state index in [-0.39, 0.29) is 11.3 Å². The molecule has 1 fully saturated rings. The zero-order chi connectivity index (χ0) is 23.7. The van der Waals surface area contributed by atoms with Crippen LogP contribution in [-0.4, -0.2) is 53.9 Å². The number of benzene rings is 3. The quantitative estimate of drug-likeness (QED) is 0.328. The molecule has 2 heterocycles. The molecule has 0 spiro atoms. The molecule has 1 amide bonds. The summed E-state index contributed by atoms with van der Waals surface area (Å²) in [4.78, 5) is 33.2. The van der Waals surface area contributed by atoms with Gasteiger partial charge in [-0.1, -0.05) is 24.3 Å². The summed E-state index contributed by atoms with van der Waals surface area (Å²) in [7, 11) is 2.03. The van der Waals surface area contributed by atoms with E-state index < -0.39 is 10.8 Å². The molecule has 0 saturated carbocycles. The number of nitrogens with one attached hydrogen (secondary N) is 1. The average Bonchev–Trinajstić information content (AvgIpc) is 3.29. The SMILES string of the molecule is CN1CCN(c2ccc(C(=O)Nc3cccc(-c4nc5ccccc5s4)c3)cc2[N+](=O)[O-])CC1. The number of fused-ring (bicyclic) bond motifs is 1. The third kappa shape index (κ3) is 4.48. The Kier molecular flexibility index (Phi) is 5.95. The lowest BCUT2D eigenvalue weighted by Gasteiger charge is -2.33. The molecule has 5 rings (SSSR count). The molecule has 4 aromatic rings. The highest BCUT2D eigenvalue weighted by molar-refractivity contribution is 7.21. The Morgan fingerprint density at radius 1 is 1.03 bits per heavy atom. The van der Waals surface area contributed by atoms with Gasteiger partial charge >= 0.3 is 0 Å². The van der Waals surface area contributed by atoms with Crippen molar-refractivity contribution in [2.24, 2.45) is 0 Å². The number of aromatic nitrogens is 1. The second-order valence-corrected chi connectivity index (χ2v) is 9.30. The number of piperazine rings is 1. The first kappa shape index (κ1) is 22.0. The second kappa shape index (κ2) is 9.20. The largest absolute Gasteiger partial charge is 0.363 e. The van der Waals surface area contributed by atoms with Crippen LogP contribution in [0.2, 0.25) is 0 Å². The van der Waals surface area contributed by atoms with Gasteiger partial charge in [-0.3, -0.25) is 14.9 Å². The summed E-state index contributed by atoms with van der Waals surface area (Å²) in [5.41, 5.74) is 3.18. The molecule has 9 heteroatoms. The van der Waals surface area contributed by atoms with Crippen LogP contribution in [0.25, 0.3) is 20.8 Å². The highest BCUT2D eigenvalue weighted by Gasteiger charge is 2.24. The molecule has 0 unspecified atom stereocenters. The highest BCUT2D eigenvalue weighted by atomic mass is 32.1. The average molecular weight is 474 g/mol. The molecule has 0 atom stereocenters. The number of anilines is 2. The smallest absolute Gasteiger partial charge is 0.293 e. The number of carbonyl (C=O) groups excluding carboxylic acids is 1. The van der Waals surface area contributed by atoms with Crippen molar-refractivity contribution in [1.29, 1.82) is 0 Å². The number of carbonyl (C=O) groups is 1. The van der Waals surface area contributed by atoms with Gasteiger partial charge in [-0.15, -0.1) is 11.3 Å². The summed E-state index contributed by atoms with van der Waals surface area (Å²) in [5, 5.41) is 15.5. The van der Waals surface area contributed by atoms with E-state index in [1.54, 1.807) is 29.5 Å². The lowest BCUT2D eigenvalue weighted by molar-refractivity contribution is -0.384. The van der Waals surface area contributed by atoms with Gasteiger partial charge in [0.2, 0.25) is 0 Å². The molecule has 172 valence electrons. The maximum atomic E-state index is 12.9. The normalized spacial score (nSPS) is 14.3. The van der Waals surface area contributed by atoms with Crippen molar-refractivity contribution in [1.82, 2.24) is 9.88 Å². The Morgan fingerprint density at radius 2 is 1.82 bits per heavy atom. The van der Waals surface area contributed by atoms with Gasteiger partial charge in [0.1, 0.15) is 10.7 Å². The Balaban J connectivity index is 1.37. The molecule has 1 aromatic heterocycles. The predicted octanol–water partition coefficient (Wildman–Crippen LogP) is 4.88. The van der Waals surface area contributed by atoms with E-state index in [0.717, 1.165) is 33.9 Å². The second-order valence-electron chi connectivity index (χ2n) is 8.27. The Hall–Kier alpha value is -3.82. The van der Waals surface area contributed by atoms with E-state index in [4.69, 9.17) is 0 Å². The Morgan fingerprint density at radius 3 is 2.59 bits per heavy atom. The van der Waals surface area contributed by atoms with Gasteiger partial charge < -0.3 is 15.1 Å². The van der Waals surface area contributed by atoms with Crippen LogP contribution in [0.1, 0.15) is 10.4 Å². The number of hydrogen-bond donors (Lipinski definition) is 1. The zero-order valence-electron chi connectivity index (χ0n) is 18.6. The Labute approximate surface area is 200 Å². The van der Waals surface area contributed by atoms with Gasteiger partial charge in [-0.2, -0.15) is 0 Å². The number of amides is 1. The topological polar surface area (TPSA) is 91.6 Å². The minimum Gasteiger partial charge on any atom is -0.363 e. The fourth-order valence-corrected chi connectivity index (χ4v) is 5.02. The summed E-state index contributed by atoms with van der Waals surface area (Å²) in [6.07, 6.45) is 0. The van der Waals surface area contributed by atoms with Crippen LogP contribution in [0.5, 0.6) is 0 Å². The van der Waals surface area contributed by atoms with E-state index in [1.807, 2.05) is 54.4 Å². The minimum absolute atomic E-state index is 0.0552. The molecular weight excluding hydrogens is 450 g/mol. The fourth-order valence-electron chi connectivity index (χ4n) is 4.05.